The first-order valence-corrected chi connectivity index (χ1v) is 10.6. The molecular weight excluding hydrogens is 400 g/mol. The molecule has 0 bridgehead atoms. The van der Waals surface area contributed by atoms with E-state index in [0.717, 1.165) is 28.1 Å². The Balaban J connectivity index is 2.04. The number of nitrogens with zero attached hydrogens (tertiary/aromatic N) is 3. The third-order valence-electron chi connectivity index (χ3n) is 5.22. The molecule has 6 heteroatoms. The minimum atomic E-state index is -0.965. The highest BCUT2D eigenvalue weighted by Crippen LogP contribution is 2.36. The van der Waals surface area contributed by atoms with Gasteiger partial charge in [-0.15, -0.1) is 0 Å². The second-order valence-corrected chi connectivity index (χ2v) is 9.00. The molecule has 2 aromatic carbocycles. The van der Waals surface area contributed by atoms with Gasteiger partial charge in [0.2, 0.25) is 0 Å². The van der Waals surface area contributed by atoms with Gasteiger partial charge in [-0.1, -0.05) is 60.2 Å². The summed E-state index contributed by atoms with van der Waals surface area (Å²) in [6.07, 6.45) is -0.965. The molecule has 1 atom stereocenters. The van der Waals surface area contributed by atoms with Crippen molar-refractivity contribution in [3.8, 4) is 22.5 Å². The molecule has 2 aromatic heterocycles. The normalized spacial score (nSPS) is 12.8. The van der Waals surface area contributed by atoms with E-state index in [2.05, 4.69) is 0 Å². The van der Waals surface area contributed by atoms with Gasteiger partial charge in [-0.25, -0.2) is 9.50 Å². The van der Waals surface area contributed by atoms with Crippen LogP contribution in [0.5, 0.6) is 0 Å². The zero-order valence-corrected chi connectivity index (χ0v) is 19.1. The van der Waals surface area contributed by atoms with E-state index in [0.29, 0.717) is 16.9 Å². The maximum Gasteiger partial charge on any atom is 0.251 e. The number of fused-ring (bicyclic) bond motifs is 1. The summed E-state index contributed by atoms with van der Waals surface area (Å²) in [7, 11) is 0. The van der Waals surface area contributed by atoms with E-state index in [1.807, 2.05) is 95.3 Å². The zero-order valence-electron chi connectivity index (χ0n) is 19.1. The fraction of sp³-hybridized carbons (Fsp3) is 0.269. The van der Waals surface area contributed by atoms with Crippen LogP contribution in [0.15, 0.2) is 60.7 Å². The number of hydrogen-bond donors (Lipinski definition) is 1. The van der Waals surface area contributed by atoms with E-state index in [1.54, 1.807) is 4.52 Å². The molecule has 1 unspecified atom stereocenters. The van der Waals surface area contributed by atoms with Crippen molar-refractivity contribution in [1.82, 2.24) is 14.6 Å². The minimum Gasteiger partial charge on any atom is -0.367 e. The third kappa shape index (κ3) is 4.27. The monoisotopic (exact) mass is 428 g/mol. The number of ether oxygens (including phenoxy) is 1. The first-order valence-electron chi connectivity index (χ1n) is 10.6. The molecular formula is C26H28N4O2. The molecule has 0 aliphatic carbocycles. The van der Waals surface area contributed by atoms with Crippen LogP contribution in [0.3, 0.4) is 0 Å². The molecule has 0 spiro atoms. The van der Waals surface area contributed by atoms with Crippen LogP contribution in [0.1, 0.15) is 43.7 Å². The molecule has 0 aliphatic rings. The van der Waals surface area contributed by atoms with Crippen molar-refractivity contribution >= 4 is 11.6 Å². The van der Waals surface area contributed by atoms with Crippen LogP contribution in [0.2, 0.25) is 0 Å². The van der Waals surface area contributed by atoms with Gasteiger partial charge in [0.15, 0.2) is 11.8 Å². The van der Waals surface area contributed by atoms with Crippen molar-refractivity contribution in [1.29, 1.82) is 0 Å². The predicted molar refractivity (Wildman–Crippen MR) is 126 cm³/mol. The summed E-state index contributed by atoms with van der Waals surface area (Å²) in [4.78, 5) is 17.3. The van der Waals surface area contributed by atoms with Crippen molar-refractivity contribution in [2.24, 2.45) is 5.73 Å². The van der Waals surface area contributed by atoms with Gasteiger partial charge in [-0.05, 0) is 34.6 Å². The van der Waals surface area contributed by atoms with Gasteiger partial charge in [0.1, 0.15) is 0 Å². The number of benzene rings is 2. The van der Waals surface area contributed by atoms with Crippen LogP contribution in [-0.4, -0.2) is 26.1 Å². The summed E-state index contributed by atoms with van der Waals surface area (Å²) in [5.41, 5.74) is 11.9. The Labute approximate surface area is 188 Å². The van der Waals surface area contributed by atoms with Crippen LogP contribution < -0.4 is 5.73 Å². The van der Waals surface area contributed by atoms with Gasteiger partial charge in [0.05, 0.1) is 17.0 Å². The molecule has 2 heterocycles. The SMILES string of the molecule is Cc1ccc(-c2c(C(OC(C)(C)C)C(N)=O)c(C)nc3cc(-c4ccccc4)nn23)cc1. The standard InChI is InChI=1S/C26H28N4O2/c1-16-11-13-19(14-12-16)23-22(24(25(27)31)32-26(3,4)5)17(2)28-21-15-20(29-30(21)23)18-9-7-6-8-10-18/h6-15,24H,1-5H3,(H2,27,31). The molecule has 0 radical (unpaired) electrons. The van der Waals surface area contributed by atoms with E-state index in [9.17, 15) is 4.79 Å². The summed E-state index contributed by atoms with van der Waals surface area (Å²) in [6, 6.07) is 20.0. The van der Waals surface area contributed by atoms with Gasteiger partial charge in [-0.3, -0.25) is 4.79 Å². The highest BCUT2D eigenvalue weighted by atomic mass is 16.5. The maximum absolute atomic E-state index is 12.6. The van der Waals surface area contributed by atoms with E-state index in [1.165, 1.54) is 0 Å². The number of rotatable bonds is 5. The lowest BCUT2D eigenvalue weighted by atomic mass is 9.98. The summed E-state index contributed by atoms with van der Waals surface area (Å²) in [6.45, 7) is 9.62. The number of nitrogens with two attached hydrogens (primary N) is 1. The van der Waals surface area contributed by atoms with E-state index in [4.69, 9.17) is 20.6 Å². The molecule has 0 saturated heterocycles. The number of amides is 1. The van der Waals surface area contributed by atoms with E-state index >= 15 is 0 Å². The van der Waals surface area contributed by atoms with Crippen molar-refractivity contribution in [2.45, 2.75) is 46.3 Å². The molecule has 32 heavy (non-hydrogen) atoms. The average molecular weight is 429 g/mol. The molecule has 1 amide bonds. The second kappa shape index (κ2) is 8.20. The molecule has 0 fully saturated rings. The summed E-state index contributed by atoms with van der Waals surface area (Å²) in [5, 5.41) is 4.87. The second-order valence-electron chi connectivity index (χ2n) is 9.00. The molecule has 164 valence electrons. The van der Waals surface area contributed by atoms with Crippen LogP contribution >= 0.6 is 0 Å². The van der Waals surface area contributed by atoms with E-state index < -0.39 is 17.6 Å². The average Bonchev–Trinajstić information content (AvgIpc) is 3.15. The largest absolute Gasteiger partial charge is 0.367 e. The molecule has 0 aliphatic heterocycles. The zero-order chi connectivity index (χ0) is 23.0. The Morgan fingerprint density at radius 2 is 1.66 bits per heavy atom. The summed E-state index contributed by atoms with van der Waals surface area (Å²) in [5.74, 6) is -0.562. The van der Waals surface area contributed by atoms with Crippen LogP contribution in [-0.2, 0) is 9.53 Å². The van der Waals surface area contributed by atoms with Crippen LogP contribution in [0.4, 0.5) is 0 Å². The van der Waals surface area contributed by atoms with Crippen LogP contribution in [0.25, 0.3) is 28.2 Å². The lowest BCUT2D eigenvalue weighted by Gasteiger charge is -2.28. The van der Waals surface area contributed by atoms with Gasteiger partial charge in [-0.2, -0.15) is 5.10 Å². The van der Waals surface area contributed by atoms with Gasteiger partial charge >= 0.3 is 0 Å². The van der Waals surface area contributed by atoms with Gasteiger partial charge in [0.25, 0.3) is 5.91 Å². The predicted octanol–water partition coefficient (Wildman–Crippen LogP) is 5.02. The smallest absolute Gasteiger partial charge is 0.251 e. The number of carbonyl (C=O) groups excluding carboxylic acids is 1. The topological polar surface area (TPSA) is 82.5 Å². The Hall–Kier alpha value is -3.51. The molecule has 4 rings (SSSR count). The lowest BCUT2D eigenvalue weighted by molar-refractivity contribution is -0.140. The minimum absolute atomic E-state index is 0.562. The van der Waals surface area contributed by atoms with Gasteiger partial charge in [0, 0.05) is 28.5 Å². The maximum atomic E-state index is 12.6. The Kier molecular flexibility index (Phi) is 5.57. The highest BCUT2D eigenvalue weighted by molar-refractivity contribution is 5.84. The molecule has 4 aromatic rings. The number of carbonyl (C=O) groups is 1. The van der Waals surface area contributed by atoms with E-state index in [-0.39, 0.29) is 0 Å². The van der Waals surface area contributed by atoms with Gasteiger partial charge < -0.3 is 10.5 Å². The molecule has 6 nitrogen and oxygen atoms in total. The number of aryl methyl sites for hydroxylation is 2. The number of hydrogen-bond acceptors (Lipinski definition) is 4. The molecule has 2 N–H and O–H groups in total. The van der Waals surface area contributed by atoms with Crippen molar-refractivity contribution in [3.05, 3.63) is 77.5 Å². The third-order valence-corrected chi connectivity index (χ3v) is 5.22. The Morgan fingerprint density at radius 1 is 1.00 bits per heavy atom. The van der Waals surface area contributed by atoms with Crippen molar-refractivity contribution < 1.29 is 9.53 Å². The highest BCUT2D eigenvalue weighted by Gasteiger charge is 2.31. The lowest BCUT2D eigenvalue weighted by Crippen LogP contribution is -2.32. The first kappa shape index (κ1) is 21.7. The van der Waals surface area contributed by atoms with Crippen molar-refractivity contribution in [2.75, 3.05) is 0 Å². The first-order chi connectivity index (χ1) is 15.1. The molecule has 0 saturated carbocycles. The number of aromatic nitrogens is 3. The Morgan fingerprint density at radius 3 is 2.25 bits per heavy atom. The summed E-state index contributed by atoms with van der Waals surface area (Å²) >= 11 is 0. The summed E-state index contributed by atoms with van der Waals surface area (Å²) < 4.78 is 7.93. The fourth-order valence-corrected chi connectivity index (χ4v) is 3.80. The fourth-order valence-electron chi connectivity index (χ4n) is 3.80. The Bertz CT molecular complexity index is 1270. The number of primary amides is 1. The quantitative estimate of drug-likeness (QED) is 0.484. The van der Waals surface area contributed by atoms with Crippen molar-refractivity contribution in [3.63, 3.8) is 0 Å². The van der Waals surface area contributed by atoms with Crippen LogP contribution in [0, 0.1) is 13.8 Å².